The summed E-state index contributed by atoms with van der Waals surface area (Å²) >= 11 is 0. The minimum Gasteiger partial charge on any atom is -0.309 e. The molecule has 696 valence electrons. The summed E-state index contributed by atoms with van der Waals surface area (Å²) < 4.78 is 7.50. The Balaban J connectivity index is 0.000000101. The van der Waals surface area contributed by atoms with E-state index in [9.17, 15) is 0 Å². The monoisotopic (exact) mass is 1910 g/mol. The quantitative estimate of drug-likeness (QED) is 0.143. The van der Waals surface area contributed by atoms with Crippen LogP contribution < -0.4 is 0 Å². The first-order chi connectivity index (χ1) is 74.4. The second-order valence-corrected chi connectivity index (χ2v) is 40.0. The number of hydrogen-bond donors (Lipinski definition) is 0. The van der Waals surface area contributed by atoms with Crippen LogP contribution in [0.5, 0.6) is 0 Å². The molecule has 9 heterocycles. The zero-order valence-corrected chi connectivity index (χ0v) is 81.3. The molecule has 9 nitrogen and oxygen atoms in total. The van der Waals surface area contributed by atoms with Crippen molar-refractivity contribution in [3.63, 3.8) is 0 Å². The molecule has 1 atom stereocenters. The van der Waals surface area contributed by atoms with Crippen molar-refractivity contribution in [1.29, 1.82) is 0 Å². The van der Waals surface area contributed by atoms with E-state index in [1.54, 1.807) is 0 Å². The van der Waals surface area contributed by atoms with Gasteiger partial charge in [0.15, 0.2) is 17.5 Å². The van der Waals surface area contributed by atoms with Crippen LogP contribution in [0.25, 0.3) is 218 Å². The zero-order chi connectivity index (χ0) is 98.4. The van der Waals surface area contributed by atoms with Crippen molar-refractivity contribution in [2.75, 3.05) is 0 Å². The molecule has 0 radical (unpaired) electrons. The molecule has 3 spiro atoms. The summed E-state index contributed by atoms with van der Waals surface area (Å²) in [5.74, 6) is 2.16. The Labute approximate surface area is 865 Å². The number of para-hydroxylation sites is 7. The largest absolute Gasteiger partial charge is 0.309 e. The van der Waals surface area contributed by atoms with Gasteiger partial charge in [-0.2, -0.15) is 0 Å². The summed E-state index contributed by atoms with van der Waals surface area (Å²) in [7, 11) is 0. The number of aromatic nitrogens is 9. The van der Waals surface area contributed by atoms with E-state index in [0.717, 1.165) is 95.9 Å². The van der Waals surface area contributed by atoms with Gasteiger partial charge >= 0.3 is 0 Å². The SMILES string of the molecule is c1ccc(-c2cc(-c3ccc4c(c3)-n3c5ccccc5c5cccc(c53)C43c4ccccc4-c4ccccc43)nc(-c3ccccc3)n2)cc1.c1ccc(-c2cc(-c3ccc4c(c3)C3(c5ccccc5-4)c4ccccc4-n4c5ccccc5c5cccc3c54)nc(-c3ccccc3)n2)cc1.c1ccc(-c2cc(-c3ccc4c(c3)c3cccc5c3n4-c3ccccc3C53c4ccccc4-c4ccccc43)nc(-c3ccccc3)n2)cc1. The van der Waals surface area contributed by atoms with Gasteiger partial charge in [-0.15, -0.1) is 0 Å². The molecule has 0 saturated heterocycles. The van der Waals surface area contributed by atoms with Crippen molar-refractivity contribution < 1.29 is 0 Å². The molecule has 0 amide bonds. The van der Waals surface area contributed by atoms with E-state index in [0.29, 0.717) is 5.82 Å². The van der Waals surface area contributed by atoms with Gasteiger partial charge in [-0.05, 0) is 167 Å². The van der Waals surface area contributed by atoms with E-state index in [2.05, 4.69) is 469 Å². The lowest BCUT2D eigenvalue weighted by Gasteiger charge is -2.39. The smallest absolute Gasteiger partial charge is 0.160 e. The molecular weight excluding hydrogens is 1820 g/mol. The first-order valence-corrected chi connectivity index (χ1v) is 51.5. The highest BCUT2D eigenvalue weighted by Gasteiger charge is 2.55. The normalized spacial score (nSPS) is 14.0. The molecule has 0 saturated carbocycles. The molecule has 6 aliphatic rings. The standard InChI is InChI=1S/3C47H29N3/c1-3-14-30(15-4-1)41-29-42(49-46(48-41)31-16-5-2-6-17-31)32-26-27-39-44(28-32)50-43-25-12-9-20-35(43)36-21-13-24-40(45(36)50)47(39)37-22-10-7-18-33(37)34-19-8-11-23-38(34)47;1-3-14-30(15-4-1)41-29-42(49-46(48-41)31-16-5-2-6-17-31)32-26-27-34-33-18-7-9-21-37(33)47(40(34)28-32)38-22-10-12-25-44(38)50-43-24-11-8-19-35(43)36-20-13-23-39(47)45(36)50;1-3-14-30(15-4-1)41-29-42(49-46(48-41)31-16-5-2-6-17-31)32-26-27-43-36(28-32)35-20-13-24-40-45(35)50(43)44-25-12-11-23-39(44)47(40)37-21-9-7-18-33(37)34-19-8-10-22-38(34)47/h3*1-29H. The van der Waals surface area contributed by atoms with E-state index in [4.69, 9.17) is 29.9 Å². The molecule has 6 aromatic heterocycles. The zero-order valence-electron chi connectivity index (χ0n) is 81.3. The lowest BCUT2D eigenvalue weighted by Crippen LogP contribution is -2.33. The third-order valence-corrected chi connectivity index (χ3v) is 32.4. The Morgan fingerprint density at radius 3 is 0.760 bits per heavy atom. The predicted octanol–water partition coefficient (Wildman–Crippen LogP) is 33.8. The summed E-state index contributed by atoms with van der Waals surface area (Å²) in [6, 6.07) is 191. The van der Waals surface area contributed by atoms with Crippen LogP contribution in [-0.2, 0) is 16.2 Å². The Bertz CT molecular complexity index is 10000. The molecule has 21 aromatic carbocycles. The highest BCUT2D eigenvalue weighted by molar-refractivity contribution is 6.17. The topological polar surface area (TPSA) is 92.1 Å². The van der Waals surface area contributed by atoms with Crippen LogP contribution in [0.2, 0.25) is 0 Å². The molecule has 9 heteroatoms. The number of rotatable bonds is 9. The summed E-state index contributed by atoms with van der Waals surface area (Å²) in [6.45, 7) is 0. The second kappa shape index (κ2) is 33.2. The molecule has 27 aromatic rings. The second-order valence-electron chi connectivity index (χ2n) is 40.0. The van der Waals surface area contributed by atoms with Gasteiger partial charge in [0.05, 0.1) is 101 Å². The number of nitrogens with zero attached hydrogens (tertiary/aromatic N) is 9. The highest BCUT2D eigenvalue weighted by Crippen LogP contribution is 2.66. The maximum absolute atomic E-state index is 5.24. The fourth-order valence-electron chi connectivity index (χ4n) is 26.4. The Morgan fingerprint density at radius 1 is 0.133 bits per heavy atom. The van der Waals surface area contributed by atoms with Gasteiger partial charge in [-0.3, -0.25) is 0 Å². The number of benzene rings is 21. The van der Waals surface area contributed by atoms with Crippen LogP contribution in [-0.4, -0.2) is 43.6 Å². The summed E-state index contributed by atoms with van der Waals surface area (Å²) in [5.41, 5.74) is 48.1. The van der Waals surface area contributed by atoms with Gasteiger partial charge in [0.25, 0.3) is 0 Å². The number of hydrogen-bond acceptors (Lipinski definition) is 6. The maximum Gasteiger partial charge on any atom is 0.160 e. The van der Waals surface area contributed by atoms with E-state index in [1.807, 2.05) is 72.8 Å². The average molecular weight is 1910 g/mol. The minimum atomic E-state index is -0.514. The first kappa shape index (κ1) is 84.7. The van der Waals surface area contributed by atoms with E-state index < -0.39 is 16.2 Å². The van der Waals surface area contributed by atoms with Gasteiger partial charge in [-0.25, -0.2) is 29.9 Å². The number of fused-ring (bicyclic) bond motifs is 36. The molecule has 0 fully saturated rings. The van der Waals surface area contributed by atoms with E-state index in [-0.39, 0.29) is 0 Å². The van der Waals surface area contributed by atoms with Crippen LogP contribution in [0, 0.1) is 0 Å². The third kappa shape index (κ3) is 12.2. The van der Waals surface area contributed by atoms with Crippen molar-refractivity contribution in [2.45, 2.75) is 16.2 Å². The van der Waals surface area contributed by atoms with Gasteiger partial charge in [0, 0.05) is 82.4 Å². The fraction of sp³-hybridized carbons (Fsp3) is 0.0213. The van der Waals surface area contributed by atoms with Crippen molar-refractivity contribution >= 4 is 65.4 Å². The van der Waals surface area contributed by atoms with Crippen LogP contribution in [0.4, 0.5) is 0 Å². The fourth-order valence-corrected chi connectivity index (χ4v) is 26.4. The van der Waals surface area contributed by atoms with Gasteiger partial charge < -0.3 is 13.7 Å². The van der Waals surface area contributed by atoms with Gasteiger partial charge in [-0.1, -0.05) is 461 Å². The van der Waals surface area contributed by atoms with Crippen molar-refractivity contribution in [1.82, 2.24) is 43.6 Å². The van der Waals surface area contributed by atoms with Gasteiger partial charge in [0.2, 0.25) is 0 Å². The molecule has 3 aliphatic heterocycles. The average Bonchev–Trinajstić information content (AvgIpc) is 1.51. The summed E-state index contributed by atoms with van der Waals surface area (Å²) in [4.78, 5) is 30.8. The molecule has 33 rings (SSSR count). The molecular formula is C141H87N9. The Morgan fingerprint density at radius 2 is 0.380 bits per heavy atom. The Kier molecular flexibility index (Phi) is 18.7. The van der Waals surface area contributed by atoms with Crippen LogP contribution in [0.3, 0.4) is 0 Å². The molecule has 150 heavy (non-hydrogen) atoms. The van der Waals surface area contributed by atoms with Crippen molar-refractivity contribution in [3.8, 4) is 152 Å². The highest BCUT2D eigenvalue weighted by atomic mass is 15.0. The van der Waals surface area contributed by atoms with Crippen LogP contribution >= 0.6 is 0 Å². The first-order valence-electron chi connectivity index (χ1n) is 51.5. The van der Waals surface area contributed by atoms with E-state index >= 15 is 0 Å². The van der Waals surface area contributed by atoms with Crippen molar-refractivity contribution in [3.05, 3.63) is 595 Å². The van der Waals surface area contributed by atoms with Crippen LogP contribution in [0.15, 0.2) is 528 Å². The van der Waals surface area contributed by atoms with E-state index in [1.165, 1.54) is 183 Å². The van der Waals surface area contributed by atoms with Crippen molar-refractivity contribution in [2.24, 2.45) is 0 Å². The van der Waals surface area contributed by atoms with Gasteiger partial charge in [0.1, 0.15) is 0 Å². The lowest BCUT2D eigenvalue weighted by atomic mass is 9.65. The lowest BCUT2D eigenvalue weighted by molar-refractivity contribution is 0.748. The molecule has 0 bridgehead atoms. The maximum atomic E-state index is 5.24. The molecule has 0 N–H and O–H groups in total. The molecule has 1 unspecified atom stereocenters. The third-order valence-electron chi connectivity index (χ3n) is 32.4. The minimum absolute atomic E-state index is 0.418. The predicted molar refractivity (Wildman–Crippen MR) is 611 cm³/mol. The summed E-state index contributed by atoms with van der Waals surface area (Å²) in [5, 5.41) is 7.55. The molecule has 3 aliphatic carbocycles. The Hall–Kier alpha value is -19.7. The summed E-state index contributed by atoms with van der Waals surface area (Å²) in [6.07, 6.45) is 0. The van der Waals surface area contributed by atoms with Crippen LogP contribution in [0.1, 0.15) is 66.8 Å².